The molecule has 2 aromatic rings. The topological polar surface area (TPSA) is 68.0 Å². The third-order valence-electron chi connectivity index (χ3n) is 4.21. The summed E-state index contributed by atoms with van der Waals surface area (Å²) >= 11 is 1.36. The van der Waals surface area contributed by atoms with Crippen LogP contribution in [0.15, 0.2) is 12.1 Å². The summed E-state index contributed by atoms with van der Waals surface area (Å²) in [4.78, 5) is 18.2. The molecule has 0 aromatic carbocycles. The lowest BCUT2D eigenvalue weighted by Gasteiger charge is -2.29. The van der Waals surface area contributed by atoms with Crippen LogP contribution < -0.4 is 11.1 Å². The van der Waals surface area contributed by atoms with Crippen LogP contribution in [-0.4, -0.2) is 17.4 Å². The third kappa shape index (κ3) is 3.18. The van der Waals surface area contributed by atoms with Crippen molar-refractivity contribution < 1.29 is 4.79 Å². The summed E-state index contributed by atoms with van der Waals surface area (Å²) in [5.74, 6) is 0.378. The molecule has 4 nitrogen and oxygen atoms in total. The highest BCUT2D eigenvalue weighted by Crippen LogP contribution is 2.32. The molecule has 21 heavy (non-hydrogen) atoms. The van der Waals surface area contributed by atoms with Gasteiger partial charge in [-0.25, -0.2) is 4.98 Å². The van der Waals surface area contributed by atoms with Crippen LogP contribution in [0.3, 0.4) is 0 Å². The van der Waals surface area contributed by atoms with Crippen molar-refractivity contribution in [2.75, 3.05) is 12.3 Å². The van der Waals surface area contributed by atoms with Crippen molar-refractivity contribution in [2.45, 2.75) is 34.6 Å². The number of rotatable bonds is 4. The van der Waals surface area contributed by atoms with E-state index < -0.39 is 0 Å². The van der Waals surface area contributed by atoms with Crippen LogP contribution in [0.5, 0.6) is 0 Å². The fraction of sp³-hybridized carbons (Fsp3) is 0.500. The number of anilines is 1. The molecule has 2 heterocycles. The third-order valence-corrected chi connectivity index (χ3v) is 5.32. The van der Waals surface area contributed by atoms with Gasteiger partial charge < -0.3 is 11.1 Å². The molecule has 114 valence electrons. The summed E-state index contributed by atoms with van der Waals surface area (Å²) < 4.78 is 0. The second kappa shape index (κ2) is 5.64. The molecule has 1 amide bonds. The van der Waals surface area contributed by atoms with Gasteiger partial charge in [-0.2, -0.15) is 0 Å². The first-order valence-corrected chi connectivity index (χ1v) is 7.98. The molecule has 0 aliphatic heterocycles. The Bertz CT molecular complexity index is 673. The number of amides is 1. The Morgan fingerprint density at radius 1 is 1.43 bits per heavy atom. The lowest BCUT2D eigenvalue weighted by molar-refractivity contribution is 0.0929. The molecule has 3 N–H and O–H groups in total. The summed E-state index contributed by atoms with van der Waals surface area (Å²) in [5, 5.41) is 3.86. The van der Waals surface area contributed by atoms with Crippen LogP contribution in [0.4, 0.5) is 5.69 Å². The summed E-state index contributed by atoms with van der Waals surface area (Å²) in [6, 6.07) is 3.84. The number of aromatic nitrogens is 1. The zero-order chi connectivity index (χ0) is 15.8. The first kappa shape index (κ1) is 15.8. The van der Waals surface area contributed by atoms with Crippen LogP contribution in [-0.2, 0) is 0 Å². The predicted molar refractivity (Wildman–Crippen MR) is 89.7 cm³/mol. The number of hydrogen-bond donors (Lipinski definition) is 2. The maximum atomic E-state index is 12.4. The number of hydrogen-bond acceptors (Lipinski definition) is 4. The Labute approximate surface area is 129 Å². The molecule has 0 spiro atoms. The molecule has 2 rings (SSSR count). The van der Waals surface area contributed by atoms with Crippen LogP contribution >= 0.6 is 11.3 Å². The van der Waals surface area contributed by atoms with Gasteiger partial charge in [-0.1, -0.05) is 27.7 Å². The van der Waals surface area contributed by atoms with Crippen molar-refractivity contribution in [1.82, 2.24) is 10.3 Å². The molecular formula is C16H23N3OS. The number of nitrogen functional groups attached to an aromatic ring is 1. The maximum Gasteiger partial charge on any atom is 0.263 e. The molecule has 0 atom stereocenters. The van der Waals surface area contributed by atoms with Gasteiger partial charge in [0.1, 0.15) is 9.71 Å². The van der Waals surface area contributed by atoms with E-state index in [1.165, 1.54) is 11.3 Å². The second-order valence-corrected chi connectivity index (χ2v) is 7.48. The number of aryl methyl sites for hydroxylation is 1. The van der Waals surface area contributed by atoms with Gasteiger partial charge in [0.2, 0.25) is 0 Å². The lowest BCUT2D eigenvalue weighted by Crippen LogP contribution is -2.36. The summed E-state index contributed by atoms with van der Waals surface area (Å²) in [7, 11) is 0. The molecule has 2 aromatic heterocycles. The Hall–Kier alpha value is -1.62. The van der Waals surface area contributed by atoms with Gasteiger partial charge in [0.05, 0.1) is 5.69 Å². The molecule has 0 saturated heterocycles. The first-order valence-electron chi connectivity index (χ1n) is 7.16. The van der Waals surface area contributed by atoms with Gasteiger partial charge in [0.25, 0.3) is 5.91 Å². The highest BCUT2D eigenvalue weighted by Gasteiger charge is 2.24. The molecule has 0 fully saturated rings. The average molecular weight is 305 g/mol. The molecular weight excluding hydrogens is 282 g/mol. The Morgan fingerprint density at radius 2 is 2.10 bits per heavy atom. The smallest absolute Gasteiger partial charge is 0.263 e. The SMILES string of the molecule is Cc1ccc2c(N)c(C(=O)NCC(C)(C)C(C)C)sc2n1. The first-order chi connectivity index (χ1) is 9.72. The normalized spacial score (nSPS) is 12.1. The highest BCUT2D eigenvalue weighted by molar-refractivity contribution is 7.21. The number of carbonyl (C=O) groups excluding carboxylic acids is 1. The molecule has 0 aliphatic carbocycles. The standard InChI is InChI=1S/C16H23N3OS/c1-9(2)16(4,5)8-18-14(20)13-12(17)11-7-6-10(3)19-15(11)21-13/h6-7,9H,8,17H2,1-5H3,(H,18,20). The van der Waals surface area contributed by atoms with Gasteiger partial charge in [0, 0.05) is 17.6 Å². The monoisotopic (exact) mass is 305 g/mol. The lowest BCUT2D eigenvalue weighted by atomic mass is 9.81. The van der Waals surface area contributed by atoms with Crippen molar-refractivity contribution in [3.8, 4) is 0 Å². The minimum Gasteiger partial charge on any atom is -0.397 e. The van der Waals surface area contributed by atoms with E-state index in [9.17, 15) is 4.79 Å². The quantitative estimate of drug-likeness (QED) is 0.907. The van der Waals surface area contributed by atoms with Gasteiger partial charge in [-0.15, -0.1) is 11.3 Å². The summed E-state index contributed by atoms with van der Waals surface area (Å²) in [5.41, 5.74) is 7.61. The van der Waals surface area contributed by atoms with E-state index in [4.69, 9.17) is 5.73 Å². The zero-order valence-corrected chi connectivity index (χ0v) is 14.1. The van der Waals surface area contributed by atoms with Crippen LogP contribution in [0.2, 0.25) is 0 Å². The largest absolute Gasteiger partial charge is 0.397 e. The molecule has 0 unspecified atom stereocenters. The van der Waals surface area contributed by atoms with E-state index in [0.29, 0.717) is 23.0 Å². The van der Waals surface area contributed by atoms with E-state index in [2.05, 4.69) is 38.0 Å². The van der Waals surface area contributed by atoms with Gasteiger partial charge in [-0.3, -0.25) is 4.79 Å². The predicted octanol–water partition coefficient (Wildman–Crippen LogP) is 3.60. The van der Waals surface area contributed by atoms with Crippen molar-refractivity contribution in [3.05, 3.63) is 22.7 Å². The zero-order valence-electron chi connectivity index (χ0n) is 13.3. The van der Waals surface area contributed by atoms with Crippen molar-refractivity contribution in [3.63, 3.8) is 0 Å². The molecule has 0 saturated carbocycles. The number of nitrogens with two attached hydrogens (primary N) is 1. The Morgan fingerprint density at radius 3 is 2.71 bits per heavy atom. The number of fused-ring (bicyclic) bond motifs is 1. The van der Waals surface area contributed by atoms with E-state index in [1.807, 2.05) is 19.1 Å². The van der Waals surface area contributed by atoms with E-state index in [-0.39, 0.29) is 11.3 Å². The molecule has 0 bridgehead atoms. The maximum absolute atomic E-state index is 12.4. The van der Waals surface area contributed by atoms with Gasteiger partial charge in [0.15, 0.2) is 0 Å². The number of carbonyl (C=O) groups is 1. The number of pyridine rings is 1. The Balaban J connectivity index is 2.22. The Kier molecular flexibility index (Phi) is 4.23. The fourth-order valence-corrected chi connectivity index (χ4v) is 2.91. The van der Waals surface area contributed by atoms with E-state index in [0.717, 1.165) is 15.9 Å². The van der Waals surface area contributed by atoms with Crippen molar-refractivity contribution in [2.24, 2.45) is 11.3 Å². The minimum atomic E-state index is -0.109. The van der Waals surface area contributed by atoms with Crippen LogP contribution in [0, 0.1) is 18.3 Å². The fourth-order valence-electron chi connectivity index (χ4n) is 1.85. The second-order valence-electron chi connectivity index (χ2n) is 6.48. The van der Waals surface area contributed by atoms with E-state index >= 15 is 0 Å². The summed E-state index contributed by atoms with van der Waals surface area (Å²) in [6.07, 6.45) is 0. The highest BCUT2D eigenvalue weighted by atomic mass is 32.1. The minimum absolute atomic E-state index is 0.0515. The molecule has 5 heteroatoms. The number of nitrogens with one attached hydrogen (secondary N) is 1. The summed E-state index contributed by atoms with van der Waals surface area (Å²) in [6.45, 7) is 11.2. The molecule has 0 aliphatic rings. The van der Waals surface area contributed by atoms with Gasteiger partial charge in [-0.05, 0) is 30.4 Å². The van der Waals surface area contributed by atoms with Crippen molar-refractivity contribution in [1.29, 1.82) is 0 Å². The number of thiophene rings is 1. The van der Waals surface area contributed by atoms with Gasteiger partial charge >= 0.3 is 0 Å². The van der Waals surface area contributed by atoms with Crippen LogP contribution in [0.1, 0.15) is 43.1 Å². The number of nitrogens with zero attached hydrogens (tertiary/aromatic N) is 1. The van der Waals surface area contributed by atoms with Crippen molar-refractivity contribution >= 4 is 33.1 Å². The average Bonchev–Trinajstić information content (AvgIpc) is 2.72. The van der Waals surface area contributed by atoms with Crippen LogP contribution in [0.25, 0.3) is 10.2 Å². The molecule has 0 radical (unpaired) electrons. The van der Waals surface area contributed by atoms with E-state index in [1.54, 1.807) is 0 Å².